The van der Waals surface area contributed by atoms with Crippen molar-refractivity contribution < 1.29 is 19.2 Å². The quantitative estimate of drug-likeness (QED) is 0.478. The minimum Gasteiger partial charge on any atom is -0.464 e. The number of carbonyl (C=O) groups is 1. The van der Waals surface area contributed by atoms with Gasteiger partial charge in [-0.1, -0.05) is 0 Å². The van der Waals surface area contributed by atoms with Crippen LogP contribution in [0.5, 0.6) is 11.8 Å². The molecule has 0 aromatic carbocycles. The third kappa shape index (κ3) is 2.96. The molecule has 2 aromatic rings. The van der Waals surface area contributed by atoms with E-state index in [0.29, 0.717) is 5.69 Å². The fourth-order valence-electron chi connectivity index (χ4n) is 1.65. The Hall–Kier alpha value is -2.97. The number of hydrogen-bond donors (Lipinski definition) is 0. The van der Waals surface area contributed by atoms with Crippen molar-refractivity contribution in [1.82, 2.24) is 14.8 Å². The van der Waals surface area contributed by atoms with E-state index >= 15 is 0 Å². The molecule has 0 saturated carbocycles. The van der Waals surface area contributed by atoms with Crippen molar-refractivity contribution in [2.24, 2.45) is 7.05 Å². The first-order valence-electron chi connectivity index (χ1n) is 5.84. The van der Waals surface area contributed by atoms with Gasteiger partial charge in [0.1, 0.15) is 0 Å². The molecule has 0 fully saturated rings. The number of hydrogen-bond acceptors (Lipinski definition) is 7. The van der Waals surface area contributed by atoms with Crippen molar-refractivity contribution >= 4 is 11.7 Å². The van der Waals surface area contributed by atoms with E-state index < -0.39 is 10.9 Å². The van der Waals surface area contributed by atoms with Crippen LogP contribution in [0, 0.1) is 17.0 Å². The number of methoxy groups -OCH3 is 1. The van der Waals surface area contributed by atoms with Gasteiger partial charge in [-0.05, 0) is 13.0 Å². The van der Waals surface area contributed by atoms with Crippen LogP contribution in [0.4, 0.5) is 5.69 Å². The number of nitrogens with zero attached hydrogens (tertiary/aromatic N) is 4. The number of aromatic nitrogens is 3. The third-order valence-electron chi connectivity index (χ3n) is 2.59. The summed E-state index contributed by atoms with van der Waals surface area (Å²) in [6.07, 6.45) is 0. The van der Waals surface area contributed by atoms with E-state index in [0.717, 1.165) is 6.07 Å². The number of esters is 1. The number of nitro groups is 1. The number of ether oxygens (including phenoxy) is 2. The fourth-order valence-corrected chi connectivity index (χ4v) is 1.65. The molecule has 0 amide bonds. The molecule has 0 aliphatic heterocycles. The van der Waals surface area contributed by atoms with Crippen LogP contribution >= 0.6 is 0 Å². The van der Waals surface area contributed by atoms with Crippen molar-refractivity contribution in [3.63, 3.8) is 0 Å². The number of aryl methyl sites for hydroxylation is 2. The van der Waals surface area contributed by atoms with Crippen LogP contribution in [0.25, 0.3) is 0 Å². The summed E-state index contributed by atoms with van der Waals surface area (Å²) in [5.41, 5.74) is 0.234. The average molecular weight is 292 g/mol. The highest BCUT2D eigenvalue weighted by molar-refractivity contribution is 5.87. The van der Waals surface area contributed by atoms with E-state index in [1.165, 1.54) is 17.9 Å². The van der Waals surface area contributed by atoms with Gasteiger partial charge < -0.3 is 9.47 Å². The molecule has 0 saturated heterocycles. The summed E-state index contributed by atoms with van der Waals surface area (Å²) in [4.78, 5) is 25.6. The SMILES string of the molecule is COC(=O)c1ccc([N+](=O)[O-])c(Oc2cc(C)nn2C)n1. The van der Waals surface area contributed by atoms with Gasteiger partial charge in [0.2, 0.25) is 5.88 Å². The van der Waals surface area contributed by atoms with Crippen LogP contribution in [0.3, 0.4) is 0 Å². The van der Waals surface area contributed by atoms with Gasteiger partial charge in [0.15, 0.2) is 5.69 Å². The summed E-state index contributed by atoms with van der Waals surface area (Å²) >= 11 is 0. The Labute approximate surface area is 119 Å². The summed E-state index contributed by atoms with van der Waals surface area (Å²) in [5.74, 6) is -0.744. The molecular formula is C12H12N4O5. The van der Waals surface area contributed by atoms with Crippen LogP contribution in [0.1, 0.15) is 16.2 Å². The van der Waals surface area contributed by atoms with Gasteiger partial charge in [-0.25, -0.2) is 9.48 Å². The monoisotopic (exact) mass is 292 g/mol. The van der Waals surface area contributed by atoms with Crippen molar-refractivity contribution in [3.05, 3.63) is 39.7 Å². The molecule has 0 aliphatic carbocycles. The largest absolute Gasteiger partial charge is 0.464 e. The zero-order chi connectivity index (χ0) is 15.6. The van der Waals surface area contributed by atoms with Crippen molar-refractivity contribution in [2.75, 3.05) is 7.11 Å². The predicted molar refractivity (Wildman–Crippen MR) is 70.2 cm³/mol. The lowest BCUT2D eigenvalue weighted by Crippen LogP contribution is -2.07. The molecule has 110 valence electrons. The molecule has 2 aromatic heterocycles. The fraction of sp³-hybridized carbons (Fsp3) is 0.250. The van der Waals surface area contributed by atoms with E-state index in [1.807, 2.05) is 0 Å². The van der Waals surface area contributed by atoms with Gasteiger partial charge in [-0.2, -0.15) is 10.1 Å². The zero-order valence-electron chi connectivity index (χ0n) is 11.6. The van der Waals surface area contributed by atoms with Crippen molar-refractivity contribution in [3.8, 4) is 11.8 Å². The molecule has 0 bridgehead atoms. The van der Waals surface area contributed by atoms with Gasteiger partial charge in [0.05, 0.1) is 17.7 Å². The van der Waals surface area contributed by atoms with Crippen molar-refractivity contribution in [2.45, 2.75) is 6.92 Å². The molecule has 2 rings (SSSR count). The van der Waals surface area contributed by atoms with Gasteiger partial charge in [-0.15, -0.1) is 0 Å². The molecule has 0 N–H and O–H groups in total. The van der Waals surface area contributed by atoms with Gasteiger partial charge in [0.25, 0.3) is 0 Å². The van der Waals surface area contributed by atoms with Crippen molar-refractivity contribution in [1.29, 1.82) is 0 Å². The first-order valence-corrected chi connectivity index (χ1v) is 5.84. The smallest absolute Gasteiger partial charge is 0.356 e. The lowest BCUT2D eigenvalue weighted by atomic mass is 10.3. The number of carbonyl (C=O) groups excluding carboxylic acids is 1. The van der Waals surface area contributed by atoms with Gasteiger partial charge in [-0.3, -0.25) is 10.1 Å². The molecule has 9 nitrogen and oxygen atoms in total. The summed E-state index contributed by atoms with van der Waals surface area (Å²) in [5, 5.41) is 15.1. The summed E-state index contributed by atoms with van der Waals surface area (Å²) in [6, 6.07) is 3.93. The van der Waals surface area contributed by atoms with E-state index in [4.69, 9.17) is 4.74 Å². The molecule has 0 aliphatic rings. The Balaban J connectivity index is 2.46. The number of rotatable bonds is 4. The van der Waals surface area contributed by atoms with E-state index in [9.17, 15) is 14.9 Å². The van der Waals surface area contributed by atoms with E-state index in [1.54, 1.807) is 20.0 Å². The summed E-state index contributed by atoms with van der Waals surface area (Å²) < 4.78 is 11.3. The Bertz CT molecular complexity index is 710. The molecular weight excluding hydrogens is 280 g/mol. The predicted octanol–water partition coefficient (Wildman–Crippen LogP) is 1.61. The molecule has 21 heavy (non-hydrogen) atoms. The first-order chi connectivity index (χ1) is 9.92. The van der Waals surface area contributed by atoms with E-state index in [2.05, 4.69) is 14.8 Å². The molecule has 0 spiro atoms. The first kappa shape index (κ1) is 14.4. The van der Waals surface area contributed by atoms with Gasteiger partial charge >= 0.3 is 17.5 Å². The molecule has 0 radical (unpaired) electrons. The van der Waals surface area contributed by atoms with E-state index in [-0.39, 0.29) is 23.1 Å². The second-order valence-corrected chi connectivity index (χ2v) is 4.12. The summed E-state index contributed by atoms with van der Waals surface area (Å²) in [7, 11) is 2.81. The zero-order valence-corrected chi connectivity index (χ0v) is 11.6. The normalized spacial score (nSPS) is 10.2. The maximum absolute atomic E-state index is 11.4. The average Bonchev–Trinajstić information content (AvgIpc) is 2.75. The molecule has 0 atom stereocenters. The van der Waals surface area contributed by atoms with Crippen LogP contribution in [-0.4, -0.2) is 32.8 Å². The lowest BCUT2D eigenvalue weighted by molar-refractivity contribution is -0.386. The Morgan fingerprint density at radius 2 is 2.14 bits per heavy atom. The maximum atomic E-state index is 11.4. The molecule has 9 heteroatoms. The second kappa shape index (κ2) is 5.57. The summed E-state index contributed by atoms with van der Waals surface area (Å²) in [6.45, 7) is 1.75. The highest BCUT2D eigenvalue weighted by Gasteiger charge is 2.22. The third-order valence-corrected chi connectivity index (χ3v) is 2.59. The minimum absolute atomic E-state index is 0.0861. The standard InChI is InChI=1S/C12H12N4O5/c1-7-6-10(15(2)14-7)21-11-9(16(18)19)5-4-8(13-11)12(17)20-3/h4-6H,1-3H3. The highest BCUT2D eigenvalue weighted by Crippen LogP contribution is 2.29. The van der Waals surface area contributed by atoms with Crippen LogP contribution in [0.2, 0.25) is 0 Å². The topological polar surface area (TPSA) is 109 Å². The highest BCUT2D eigenvalue weighted by atomic mass is 16.6. The Morgan fingerprint density at radius 3 is 2.67 bits per heavy atom. The molecule has 0 unspecified atom stereocenters. The van der Waals surface area contributed by atoms with Crippen LogP contribution in [-0.2, 0) is 11.8 Å². The van der Waals surface area contributed by atoms with Gasteiger partial charge in [0, 0.05) is 19.2 Å². The Kier molecular flexibility index (Phi) is 3.83. The molecule has 2 heterocycles. The van der Waals surface area contributed by atoms with Crippen LogP contribution in [0.15, 0.2) is 18.2 Å². The number of pyridine rings is 1. The maximum Gasteiger partial charge on any atom is 0.356 e. The second-order valence-electron chi connectivity index (χ2n) is 4.12. The minimum atomic E-state index is -0.712. The Morgan fingerprint density at radius 1 is 1.43 bits per heavy atom. The van der Waals surface area contributed by atoms with Crippen LogP contribution < -0.4 is 4.74 Å². The lowest BCUT2D eigenvalue weighted by Gasteiger charge is -2.06.